The molecule has 4 nitrogen and oxygen atoms in total. The number of hydrogen-bond acceptors (Lipinski definition) is 4. The van der Waals surface area contributed by atoms with Crippen LogP contribution in [0.1, 0.15) is 42.6 Å². The van der Waals surface area contributed by atoms with Crippen LogP contribution in [0.25, 0.3) is 0 Å². The van der Waals surface area contributed by atoms with Crippen LogP contribution in [0, 0.1) is 5.92 Å². The minimum atomic E-state index is -0.531. The highest BCUT2D eigenvalue weighted by Crippen LogP contribution is 2.44. The van der Waals surface area contributed by atoms with E-state index in [4.69, 9.17) is 9.47 Å². The van der Waals surface area contributed by atoms with E-state index in [1.165, 1.54) is 6.92 Å². The molecule has 0 bridgehead atoms. The summed E-state index contributed by atoms with van der Waals surface area (Å²) in [6, 6.07) is 3.38. The van der Waals surface area contributed by atoms with Crippen LogP contribution in [0.5, 0.6) is 11.5 Å². The van der Waals surface area contributed by atoms with Crippen LogP contribution in [0.2, 0.25) is 0 Å². The van der Waals surface area contributed by atoms with Crippen molar-refractivity contribution in [1.29, 1.82) is 0 Å². The van der Waals surface area contributed by atoms with Gasteiger partial charge in [0.25, 0.3) is 0 Å². The Morgan fingerprint density at radius 3 is 2.89 bits per heavy atom. The largest absolute Gasteiger partial charge is 0.507 e. The Hall–Kier alpha value is -1.55. The molecule has 1 aromatic rings. The van der Waals surface area contributed by atoms with Crippen molar-refractivity contribution in [3.63, 3.8) is 0 Å². The third kappa shape index (κ3) is 2.00. The Morgan fingerprint density at radius 1 is 1.47 bits per heavy atom. The maximum Gasteiger partial charge on any atom is 0.211 e. The van der Waals surface area contributed by atoms with Crippen LogP contribution in [-0.2, 0) is 11.2 Å². The number of phenols is 1. The van der Waals surface area contributed by atoms with Crippen LogP contribution < -0.4 is 4.74 Å². The first-order chi connectivity index (χ1) is 9.01. The number of ether oxygens (including phenoxy) is 2. The third-order valence-electron chi connectivity index (χ3n) is 3.96. The fourth-order valence-electron chi connectivity index (χ4n) is 2.99. The number of ketones is 1. The number of Topliss-reactive ketones (excluding diaryl/α,β-unsaturated/α-hetero) is 1. The smallest absolute Gasteiger partial charge is 0.211 e. The van der Waals surface area contributed by atoms with Gasteiger partial charge in [-0.05, 0) is 31.4 Å². The summed E-state index contributed by atoms with van der Waals surface area (Å²) in [5, 5.41) is 10.1. The predicted molar refractivity (Wildman–Crippen MR) is 69.5 cm³/mol. The van der Waals surface area contributed by atoms with Crippen LogP contribution in [-0.4, -0.2) is 23.3 Å². The lowest BCUT2D eigenvalue weighted by molar-refractivity contribution is -0.160. The Morgan fingerprint density at radius 2 is 2.26 bits per heavy atom. The van der Waals surface area contributed by atoms with E-state index in [0.717, 1.165) is 18.4 Å². The molecule has 0 saturated carbocycles. The minimum absolute atomic E-state index is 0.0610. The maximum atomic E-state index is 11.4. The first-order valence-electron chi connectivity index (χ1n) is 6.69. The van der Waals surface area contributed by atoms with Gasteiger partial charge in [-0.2, -0.15) is 0 Å². The lowest BCUT2D eigenvalue weighted by Crippen LogP contribution is -2.38. The van der Waals surface area contributed by atoms with Crippen molar-refractivity contribution in [2.45, 2.75) is 38.9 Å². The van der Waals surface area contributed by atoms with Gasteiger partial charge in [-0.25, -0.2) is 0 Å². The van der Waals surface area contributed by atoms with E-state index in [1.807, 2.05) is 0 Å². The summed E-state index contributed by atoms with van der Waals surface area (Å²) in [4.78, 5) is 11.4. The molecule has 2 atom stereocenters. The van der Waals surface area contributed by atoms with Crippen LogP contribution in [0.15, 0.2) is 12.1 Å². The number of phenolic OH excluding ortho intramolecular Hbond substituents is 1. The molecule has 2 aliphatic rings. The highest BCUT2D eigenvalue weighted by atomic mass is 16.7. The number of rotatable bonds is 1. The Bertz CT molecular complexity index is 537. The Balaban J connectivity index is 1.95. The topological polar surface area (TPSA) is 55.8 Å². The molecule has 0 amide bonds. The summed E-state index contributed by atoms with van der Waals surface area (Å²) >= 11 is 0. The van der Waals surface area contributed by atoms with Gasteiger partial charge in [0, 0.05) is 18.4 Å². The summed E-state index contributed by atoms with van der Waals surface area (Å²) in [7, 11) is 0. The fourth-order valence-corrected chi connectivity index (χ4v) is 2.99. The number of fused-ring (bicyclic) bond motifs is 1. The predicted octanol–water partition coefficient (Wildman–Crippen LogP) is 2.67. The molecule has 19 heavy (non-hydrogen) atoms. The molecular formula is C15H18O4. The van der Waals surface area contributed by atoms with E-state index in [0.29, 0.717) is 30.3 Å². The number of benzene rings is 1. The van der Waals surface area contributed by atoms with Gasteiger partial charge in [0.1, 0.15) is 11.5 Å². The summed E-state index contributed by atoms with van der Waals surface area (Å²) in [5.41, 5.74) is 1.08. The summed E-state index contributed by atoms with van der Waals surface area (Å²) < 4.78 is 11.8. The van der Waals surface area contributed by atoms with Crippen molar-refractivity contribution in [3.05, 3.63) is 23.3 Å². The normalized spacial score (nSPS) is 29.1. The zero-order valence-electron chi connectivity index (χ0n) is 11.2. The monoisotopic (exact) mass is 262 g/mol. The highest BCUT2D eigenvalue weighted by Gasteiger charge is 2.44. The molecule has 0 aliphatic carbocycles. The van der Waals surface area contributed by atoms with E-state index in [1.54, 1.807) is 12.1 Å². The van der Waals surface area contributed by atoms with Crippen molar-refractivity contribution >= 4 is 5.78 Å². The van der Waals surface area contributed by atoms with E-state index in [9.17, 15) is 9.90 Å². The van der Waals surface area contributed by atoms with Crippen molar-refractivity contribution in [2.75, 3.05) is 6.61 Å². The molecule has 2 unspecified atom stereocenters. The van der Waals surface area contributed by atoms with E-state index < -0.39 is 5.79 Å². The molecule has 1 aromatic carbocycles. The molecule has 1 spiro atoms. The second kappa shape index (κ2) is 4.23. The average Bonchev–Trinajstić information content (AvgIpc) is 2.70. The van der Waals surface area contributed by atoms with Gasteiger partial charge in [0.15, 0.2) is 5.78 Å². The molecule has 3 rings (SSSR count). The van der Waals surface area contributed by atoms with Gasteiger partial charge >= 0.3 is 0 Å². The number of aromatic hydroxyl groups is 1. The first-order valence-corrected chi connectivity index (χ1v) is 6.69. The quantitative estimate of drug-likeness (QED) is 0.790. The van der Waals surface area contributed by atoms with Gasteiger partial charge in [-0.1, -0.05) is 6.92 Å². The molecule has 1 saturated heterocycles. The lowest BCUT2D eigenvalue weighted by atomic mass is 9.93. The first kappa shape index (κ1) is 12.5. The molecular weight excluding hydrogens is 244 g/mol. The van der Waals surface area contributed by atoms with Crippen molar-refractivity contribution in [2.24, 2.45) is 5.92 Å². The lowest BCUT2D eigenvalue weighted by Gasteiger charge is -2.35. The molecule has 2 heterocycles. The maximum absolute atomic E-state index is 11.4. The highest BCUT2D eigenvalue weighted by molar-refractivity contribution is 5.97. The standard InChI is InChI=1S/C15H18O4/c1-9-7-15(18-8-9)6-5-12-13(19-15)4-3-11(10(2)16)14(12)17/h3-4,9,17H,5-8H2,1-2H3. The zero-order valence-corrected chi connectivity index (χ0v) is 11.2. The average molecular weight is 262 g/mol. The van der Waals surface area contributed by atoms with Gasteiger partial charge in [0.05, 0.1) is 12.2 Å². The van der Waals surface area contributed by atoms with Gasteiger partial charge in [0.2, 0.25) is 5.79 Å². The van der Waals surface area contributed by atoms with E-state index in [-0.39, 0.29) is 11.5 Å². The SMILES string of the molecule is CC(=O)c1ccc2c(c1O)CCC1(CC(C)CO1)O2. The van der Waals surface area contributed by atoms with Crippen molar-refractivity contribution in [1.82, 2.24) is 0 Å². The van der Waals surface area contributed by atoms with E-state index >= 15 is 0 Å². The second-order valence-corrected chi connectivity index (χ2v) is 5.63. The summed E-state index contributed by atoms with van der Waals surface area (Å²) in [5.74, 6) is 0.531. The molecule has 102 valence electrons. The van der Waals surface area contributed by atoms with Crippen LogP contribution in [0.3, 0.4) is 0 Å². The number of carbonyl (C=O) groups is 1. The van der Waals surface area contributed by atoms with Gasteiger partial charge in [-0.3, -0.25) is 4.79 Å². The molecule has 1 N–H and O–H groups in total. The van der Waals surface area contributed by atoms with E-state index in [2.05, 4.69) is 6.92 Å². The molecule has 1 fully saturated rings. The number of carbonyl (C=O) groups excluding carboxylic acids is 1. The Labute approximate surface area is 112 Å². The number of hydrogen-bond donors (Lipinski definition) is 1. The van der Waals surface area contributed by atoms with Crippen molar-refractivity contribution in [3.8, 4) is 11.5 Å². The van der Waals surface area contributed by atoms with Crippen LogP contribution >= 0.6 is 0 Å². The summed E-state index contributed by atoms with van der Waals surface area (Å²) in [6.07, 6.45) is 2.27. The zero-order chi connectivity index (χ0) is 13.6. The van der Waals surface area contributed by atoms with Crippen molar-refractivity contribution < 1.29 is 19.4 Å². The molecule has 2 aliphatic heterocycles. The minimum Gasteiger partial charge on any atom is -0.507 e. The molecule has 0 aromatic heterocycles. The second-order valence-electron chi connectivity index (χ2n) is 5.63. The van der Waals surface area contributed by atoms with Crippen LogP contribution in [0.4, 0.5) is 0 Å². The fraction of sp³-hybridized carbons (Fsp3) is 0.533. The summed E-state index contributed by atoms with van der Waals surface area (Å²) in [6.45, 7) is 4.31. The van der Waals surface area contributed by atoms with Gasteiger partial charge in [-0.15, -0.1) is 0 Å². The Kier molecular flexibility index (Phi) is 2.78. The molecule has 0 radical (unpaired) electrons. The third-order valence-corrected chi connectivity index (χ3v) is 3.96. The van der Waals surface area contributed by atoms with Gasteiger partial charge < -0.3 is 14.6 Å². The molecule has 4 heteroatoms.